The van der Waals surface area contributed by atoms with Crippen LogP contribution in [0.15, 0.2) is 18.2 Å². The lowest BCUT2D eigenvalue weighted by atomic mass is 10.1. The summed E-state index contributed by atoms with van der Waals surface area (Å²) in [4.78, 5) is 24.1. The van der Waals surface area contributed by atoms with Gasteiger partial charge >= 0.3 is 5.97 Å². The zero-order valence-electron chi connectivity index (χ0n) is 16.7. The van der Waals surface area contributed by atoms with Gasteiger partial charge in [0.15, 0.2) is 0 Å². The average molecular weight is 396 g/mol. The number of esters is 1. The summed E-state index contributed by atoms with van der Waals surface area (Å²) in [6.45, 7) is 10.6. The molecule has 1 amide bonds. The molecule has 0 heterocycles. The molecule has 0 aliphatic carbocycles. The number of nitrogens with one attached hydrogen (secondary N) is 1. The van der Waals surface area contributed by atoms with Crippen molar-refractivity contribution in [1.82, 2.24) is 5.32 Å². The molecule has 0 aliphatic rings. The fourth-order valence-electron chi connectivity index (χ4n) is 2.00. The predicted molar refractivity (Wildman–Crippen MR) is 104 cm³/mol. The Morgan fingerprint density at radius 2 is 1.78 bits per heavy atom. The van der Waals surface area contributed by atoms with Gasteiger partial charge in [0.25, 0.3) is 0 Å². The number of rotatable bonds is 5. The van der Waals surface area contributed by atoms with Gasteiger partial charge in [0.1, 0.15) is 25.8 Å². The quantitative estimate of drug-likeness (QED) is 0.471. The summed E-state index contributed by atoms with van der Waals surface area (Å²) in [6.07, 6.45) is -0.438. The van der Waals surface area contributed by atoms with Crippen molar-refractivity contribution in [2.45, 2.75) is 57.8 Å². The summed E-state index contributed by atoms with van der Waals surface area (Å²) in [7, 11) is -0.650. The molecular weight excluding hydrogens is 368 g/mol. The molecule has 0 unspecified atom stereocenters. The normalized spacial score (nSPS) is 12.6. The predicted octanol–water partition coefficient (Wildman–Crippen LogP) is 3.61. The van der Waals surface area contributed by atoms with Gasteiger partial charge in [-0.25, -0.2) is 13.6 Å². The minimum Gasteiger partial charge on any atom is -0.467 e. The minimum absolute atomic E-state index is 0.0619. The molecule has 0 saturated carbocycles. The van der Waals surface area contributed by atoms with Gasteiger partial charge in [-0.2, -0.15) is 0 Å². The molecule has 148 valence electrons. The fourth-order valence-corrected chi connectivity index (χ4v) is 2.92. The monoisotopic (exact) mass is 395 g/mol. The molecule has 1 N–H and O–H groups in total. The number of carbonyl (C=O) groups is 2. The molecule has 27 heavy (non-hydrogen) atoms. The first-order valence-electron chi connectivity index (χ1n) is 8.69. The SMILES string of the molecule is COC(=O)[C@H](CC#C[Si](C)(C)C(C)(C)C)NC(=O)Cc1c(F)cccc1F. The van der Waals surface area contributed by atoms with Crippen LogP contribution in [0.5, 0.6) is 0 Å². The van der Waals surface area contributed by atoms with E-state index in [1.165, 1.54) is 13.2 Å². The lowest BCUT2D eigenvalue weighted by Crippen LogP contribution is -2.42. The first kappa shape index (κ1) is 22.8. The highest BCUT2D eigenvalue weighted by Gasteiger charge is 2.33. The van der Waals surface area contributed by atoms with E-state index in [1.54, 1.807) is 0 Å². The van der Waals surface area contributed by atoms with E-state index in [4.69, 9.17) is 4.74 Å². The first-order valence-corrected chi connectivity index (χ1v) is 11.7. The number of carbonyl (C=O) groups excluding carboxylic acids is 2. The zero-order chi connectivity index (χ0) is 20.8. The van der Waals surface area contributed by atoms with E-state index in [9.17, 15) is 18.4 Å². The van der Waals surface area contributed by atoms with E-state index in [0.29, 0.717) is 0 Å². The molecule has 0 bridgehead atoms. The molecule has 4 nitrogen and oxygen atoms in total. The van der Waals surface area contributed by atoms with Crippen LogP contribution in [0.2, 0.25) is 18.1 Å². The van der Waals surface area contributed by atoms with Gasteiger partial charge in [0.2, 0.25) is 5.91 Å². The van der Waals surface area contributed by atoms with Crippen molar-refractivity contribution in [3.05, 3.63) is 35.4 Å². The number of methoxy groups -OCH3 is 1. The Morgan fingerprint density at radius 3 is 2.26 bits per heavy atom. The average Bonchev–Trinajstić information content (AvgIpc) is 2.55. The van der Waals surface area contributed by atoms with E-state index in [2.05, 4.69) is 50.6 Å². The first-order chi connectivity index (χ1) is 12.4. The summed E-state index contributed by atoms with van der Waals surface area (Å²) in [5, 5.41) is 2.52. The maximum absolute atomic E-state index is 13.7. The van der Waals surface area contributed by atoms with Gasteiger partial charge in [-0.05, 0) is 17.2 Å². The van der Waals surface area contributed by atoms with Gasteiger partial charge < -0.3 is 10.1 Å². The number of hydrogen-bond donors (Lipinski definition) is 1. The summed E-state index contributed by atoms with van der Waals surface area (Å²) in [5.74, 6) is 0.0435. The van der Waals surface area contributed by atoms with Crippen molar-refractivity contribution in [3.63, 3.8) is 0 Å². The Hall–Kier alpha value is -2.20. The van der Waals surface area contributed by atoms with Crippen molar-refractivity contribution < 1.29 is 23.1 Å². The van der Waals surface area contributed by atoms with Gasteiger partial charge in [-0.1, -0.05) is 39.9 Å². The molecule has 1 atom stereocenters. The van der Waals surface area contributed by atoms with E-state index >= 15 is 0 Å². The highest BCUT2D eigenvalue weighted by molar-refractivity contribution is 6.87. The van der Waals surface area contributed by atoms with Crippen LogP contribution in [-0.2, 0) is 20.7 Å². The van der Waals surface area contributed by atoms with Gasteiger partial charge in [-0.3, -0.25) is 4.79 Å². The van der Waals surface area contributed by atoms with Crippen LogP contribution in [0, 0.1) is 23.1 Å². The maximum Gasteiger partial charge on any atom is 0.329 e. The Bertz CT molecular complexity index is 740. The van der Waals surface area contributed by atoms with E-state index in [0.717, 1.165) is 12.1 Å². The largest absolute Gasteiger partial charge is 0.467 e. The van der Waals surface area contributed by atoms with Gasteiger partial charge in [-0.15, -0.1) is 11.5 Å². The molecule has 0 aliphatic heterocycles. The molecule has 0 aromatic heterocycles. The third kappa shape index (κ3) is 6.47. The number of hydrogen-bond acceptors (Lipinski definition) is 3. The Labute approximate surface area is 160 Å². The van der Waals surface area contributed by atoms with E-state index in [-0.39, 0.29) is 17.0 Å². The summed E-state index contributed by atoms with van der Waals surface area (Å²) >= 11 is 0. The number of amides is 1. The summed E-state index contributed by atoms with van der Waals surface area (Å²) in [6, 6.07) is 2.39. The number of benzene rings is 1. The molecule has 0 fully saturated rings. The second-order valence-electron chi connectivity index (χ2n) is 7.90. The van der Waals surface area contributed by atoms with Gasteiger partial charge in [0.05, 0.1) is 13.5 Å². The molecule has 7 heteroatoms. The summed E-state index contributed by atoms with van der Waals surface area (Å²) in [5.41, 5.74) is 2.92. The third-order valence-electron chi connectivity index (χ3n) is 4.80. The second kappa shape index (κ2) is 9.13. The standard InChI is InChI=1S/C20H27F2NO3Si/c1-20(2,3)27(5,6)12-8-11-17(19(25)26-4)23-18(24)13-14-15(21)9-7-10-16(14)22/h7,9-10,17H,11,13H2,1-6H3,(H,23,24)/t17-/m0/s1. The molecule has 1 rings (SSSR count). The van der Waals surface area contributed by atoms with Crippen LogP contribution >= 0.6 is 0 Å². The van der Waals surface area contributed by atoms with Crippen molar-refractivity contribution in [3.8, 4) is 11.5 Å². The minimum atomic E-state index is -1.86. The maximum atomic E-state index is 13.7. The molecule has 0 saturated heterocycles. The highest BCUT2D eigenvalue weighted by Crippen LogP contribution is 2.35. The Balaban J connectivity index is 2.88. The Kier molecular flexibility index (Phi) is 7.73. The van der Waals surface area contributed by atoms with Crippen molar-refractivity contribution in [1.29, 1.82) is 0 Å². The molecule has 0 spiro atoms. The molecule has 1 aromatic rings. The van der Waals surface area contributed by atoms with Crippen LogP contribution in [0.25, 0.3) is 0 Å². The van der Waals surface area contributed by atoms with Crippen LogP contribution in [0.3, 0.4) is 0 Å². The topological polar surface area (TPSA) is 55.4 Å². The van der Waals surface area contributed by atoms with Crippen LogP contribution in [0.1, 0.15) is 32.8 Å². The Morgan fingerprint density at radius 1 is 1.22 bits per heavy atom. The van der Waals surface area contributed by atoms with Crippen molar-refractivity contribution in [2.24, 2.45) is 0 Å². The number of ether oxygens (including phenoxy) is 1. The third-order valence-corrected chi connectivity index (χ3v) is 9.35. The smallest absolute Gasteiger partial charge is 0.329 e. The lowest BCUT2D eigenvalue weighted by molar-refractivity contribution is -0.144. The molecule has 0 radical (unpaired) electrons. The summed E-state index contributed by atoms with van der Waals surface area (Å²) < 4.78 is 32.1. The van der Waals surface area contributed by atoms with Crippen LogP contribution in [0.4, 0.5) is 8.78 Å². The fraction of sp³-hybridized carbons (Fsp3) is 0.500. The molecule has 1 aromatic carbocycles. The van der Waals surface area contributed by atoms with Gasteiger partial charge in [0, 0.05) is 12.0 Å². The molecular formula is C20H27F2NO3Si. The van der Waals surface area contributed by atoms with Crippen LogP contribution < -0.4 is 5.32 Å². The van der Waals surface area contributed by atoms with E-state index in [1.807, 2.05) is 0 Å². The highest BCUT2D eigenvalue weighted by atomic mass is 28.3. The zero-order valence-corrected chi connectivity index (χ0v) is 17.7. The number of halogens is 2. The van der Waals surface area contributed by atoms with Crippen molar-refractivity contribution >= 4 is 20.0 Å². The van der Waals surface area contributed by atoms with E-state index < -0.39 is 44.0 Å². The van der Waals surface area contributed by atoms with Crippen molar-refractivity contribution in [2.75, 3.05) is 7.11 Å². The van der Waals surface area contributed by atoms with Crippen LogP contribution in [-0.4, -0.2) is 33.1 Å². The second-order valence-corrected chi connectivity index (χ2v) is 12.9. The lowest BCUT2D eigenvalue weighted by Gasteiger charge is -2.31.